The van der Waals surface area contributed by atoms with Crippen molar-refractivity contribution in [2.24, 2.45) is 0 Å². The Labute approximate surface area is 124 Å². The monoisotopic (exact) mass is 374 g/mol. The summed E-state index contributed by atoms with van der Waals surface area (Å²) in [4.78, 5) is 0. The van der Waals surface area contributed by atoms with Crippen LogP contribution in [0.1, 0.15) is 18.4 Å². The van der Waals surface area contributed by atoms with E-state index in [1.165, 1.54) is 0 Å². The minimum Gasteiger partial charge on any atom is -0.398 e. The second-order valence-electron chi connectivity index (χ2n) is 4.48. The van der Waals surface area contributed by atoms with Crippen LogP contribution in [0.2, 0.25) is 0 Å². The summed E-state index contributed by atoms with van der Waals surface area (Å²) < 4.78 is 1.92. The Morgan fingerprint density at radius 3 is 2.72 bits per heavy atom. The SMILES string of the molecule is Nc1c(Br)cc(Br)cc1CN[C@@H]1C=C[C@H](O)CC1. The summed E-state index contributed by atoms with van der Waals surface area (Å²) in [5, 5.41) is 12.8. The Balaban J connectivity index is 2.00. The lowest BCUT2D eigenvalue weighted by Gasteiger charge is -2.21. The van der Waals surface area contributed by atoms with Crippen LogP contribution in [0.25, 0.3) is 0 Å². The number of nitrogen functional groups attached to an aromatic ring is 1. The zero-order chi connectivity index (χ0) is 13.1. The van der Waals surface area contributed by atoms with Crippen molar-refractivity contribution in [1.82, 2.24) is 5.32 Å². The van der Waals surface area contributed by atoms with E-state index < -0.39 is 0 Å². The molecule has 0 bridgehead atoms. The van der Waals surface area contributed by atoms with Gasteiger partial charge in [-0.1, -0.05) is 28.1 Å². The second-order valence-corrected chi connectivity index (χ2v) is 6.25. The van der Waals surface area contributed by atoms with Gasteiger partial charge in [-0.15, -0.1) is 0 Å². The quantitative estimate of drug-likeness (QED) is 0.562. The number of aliphatic hydroxyl groups is 1. The van der Waals surface area contributed by atoms with Gasteiger partial charge in [-0.2, -0.15) is 0 Å². The van der Waals surface area contributed by atoms with Gasteiger partial charge in [-0.3, -0.25) is 0 Å². The summed E-state index contributed by atoms with van der Waals surface area (Å²) in [6.45, 7) is 0.717. The predicted molar refractivity (Wildman–Crippen MR) is 81.3 cm³/mol. The van der Waals surface area contributed by atoms with E-state index in [4.69, 9.17) is 5.73 Å². The number of hydrogen-bond donors (Lipinski definition) is 3. The highest BCUT2D eigenvalue weighted by molar-refractivity contribution is 9.11. The lowest BCUT2D eigenvalue weighted by atomic mass is 10.0. The lowest BCUT2D eigenvalue weighted by molar-refractivity contribution is 0.198. The van der Waals surface area contributed by atoms with Crippen molar-refractivity contribution < 1.29 is 5.11 Å². The first-order valence-corrected chi connectivity index (χ1v) is 7.48. The highest BCUT2D eigenvalue weighted by Crippen LogP contribution is 2.28. The molecule has 4 N–H and O–H groups in total. The van der Waals surface area contributed by atoms with E-state index in [0.717, 1.165) is 39.6 Å². The molecule has 98 valence electrons. The van der Waals surface area contributed by atoms with E-state index >= 15 is 0 Å². The fourth-order valence-electron chi connectivity index (χ4n) is 2.00. The van der Waals surface area contributed by atoms with Crippen LogP contribution in [0.5, 0.6) is 0 Å². The largest absolute Gasteiger partial charge is 0.398 e. The highest BCUT2D eigenvalue weighted by Gasteiger charge is 2.14. The first kappa shape index (κ1) is 14.1. The third-order valence-corrected chi connectivity index (χ3v) is 4.19. The van der Waals surface area contributed by atoms with Crippen molar-refractivity contribution in [1.29, 1.82) is 0 Å². The number of nitrogens with one attached hydrogen (secondary N) is 1. The Bertz CT molecular complexity index is 463. The summed E-state index contributed by atoms with van der Waals surface area (Å²) in [6, 6.07) is 4.27. The molecule has 5 heteroatoms. The maximum Gasteiger partial charge on any atom is 0.0722 e. The van der Waals surface area contributed by atoms with Gasteiger partial charge in [0.2, 0.25) is 0 Å². The minimum absolute atomic E-state index is 0.284. The first-order valence-electron chi connectivity index (χ1n) is 5.89. The molecular weight excluding hydrogens is 360 g/mol. The average Bonchev–Trinajstić information content (AvgIpc) is 2.34. The number of anilines is 1. The van der Waals surface area contributed by atoms with Gasteiger partial charge in [0.15, 0.2) is 0 Å². The van der Waals surface area contributed by atoms with Crippen LogP contribution in [0.3, 0.4) is 0 Å². The van der Waals surface area contributed by atoms with Gasteiger partial charge in [-0.05, 0) is 46.5 Å². The lowest BCUT2D eigenvalue weighted by Crippen LogP contribution is -2.30. The van der Waals surface area contributed by atoms with E-state index in [9.17, 15) is 5.11 Å². The van der Waals surface area contributed by atoms with E-state index in [1.54, 1.807) is 0 Å². The summed E-state index contributed by atoms with van der Waals surface area (Å²) in [5.41, 5.74) is 7.86. The van der Waals surface area contributed by atoms with Crippen LogP contribution in [0.4, 0.5) is 5.69 Å². The molecule has 2 atom stereocenters. The predicted octanol–water partition coefficient (Wildman–Crippen LogP) is 2.96. The molecule has 0 heterocycles. The van der Waals surface area contributed by atoms with Gasteiger partial charge in [0.25, 0.3) is 0 Å². The van der Waals surface area contributed by atoms with Crippen LogP contribution in [0.15, 0.2) is 33.2 Å². The van der Waals surface area contributed by atoms with Gasteiger partial charge >= 0.3 is 0 Å². The molecule has 1 aliphatic rings. The fourth-order valence-corrected chi connectivity index (χ4v) is 3.31. The van der Waals surface area contributed by atoms with Crippen LogP contribution in [-0.2, 0) is 6.54 Å². The van der Waals surface area contributed by atoms with Crippen LogP contribution in [-0.4, -0.2) is 17.3 Å². The molecule has 0 radical (unpaired) electrons. The number of nitrogens with two attached hydrogens (primary N) is 1. The first-order chi connectivity index (χ1) is 8.56. The molecule has 0 unspecified atom stereocenters. The van der Waals surface area contributed by atoms with Crippen molar-refractivity contribution in [3.63, 3.8) is 0 Å². The maximum absolute atomic E-state index is 9.38. The van der Waals surface area contributed by atoms with E-state index in [1.807, 2.05) is 24.3 Å². The molecule has 2 rings (SSSR count). The van der Waals surface area contributed by atoms with Crippen molar-refractivity contribution in [2.75, 3.05) is 5.73 Å². The van der Waals surface area contributed by atoms with Crippen LogP contribution in [0, 0.1) is 0 Å². The summed E-state index contributed by atoms with van der Waals surface area (Å²) in [5.74, 6) is 0. The van der Waals surface area contributed by atoms with Crippen molar-refractivity contribution in [2.45, 2.75) is 31.5 Å². The zero-order valence-corrected chi connectivity index (χ0v) is 13.0. The molecule has 0 aliphatic heterocycles. The van der Waals surface area contributed by atoms with Crippen molar-refractivity contribution >= 4 is 37.5 Å². The van der Waals surface area contributed by atoms with E-state index in [2.05, 4.69) is 37.2 Å². The second kappa shape index (κ2) is 6.19. The molecule has 0 amide bonds. The molecule has 0 aromatic heterocycles. The topological polar surface area (TPSA) is 58.3 Å². The molecule has 1 aliphatic carbocycles. The summed E-state index contributed by atoms with van der Waals surface area (Å²) >= 11 is 6.90. The Morgan fingerprint density at radius 2 is 2.06 bits per heavy atom. The third kappa shape index (κ3) is 3.57. The smallest absolute Gasteiger partial charge is 0.0722 e. The molecule has 0 saturated heterocycles. The minimum atomic E-state index is -0.284. The average molecular weight is 376 g/mol. The normalized spacial score (nSPS) is 23.3. The van der Waals surface area contributed by atoms with Gasteiger partial charge in [0.05, 0.1) is 11.8 Å². The molecule has 18 heavy (non-hydrogen) atoms. The van der Waals surface area contributed by atoms with Gasteiger partial charge in [-0.25, -0.2) is 0 Å². The van der Waals surface area contributed by atoms with Crippen LogP contribution >= 0.6 is 31.9 Å². The summed E-state index contributed by atoms with van der Waals surface area (Å²) in [6.07, 6.45) is 5.35. The van der Waals surface area contributed by atoms with Crippen molar-refractivity contribution in [3.05, 3.63) is 38.8 Å². The zero-order valence-electron chi connectivity index (χ0n) is 9.87. The molecule has 1 aromatic rings. The van der Waals surface area contributed by atoms with E-state index in [-0.39, 0.29) is 6.10 Å². The number of benzene rings is 1. The Kier molecular flexibility index (Phi) is 4.84. The standard InChI is InChI=1S/C13H16Br2N2O/c14-9-5-8(13(16)12(15)6-9)7-17-10-1-3-11(18)4-2-10/h1,3,5-6,10-11,17-18H,2,4,7,16H2/t10-,11+/m1/s1. The highest BCUT2D eigenvalue weighted by atomic mass is 79.9. The number of rotatable bonds is 3. The third-order valence-electron chi connectivity index (χ3n) is 3.07. The number of aliphatic hydroxyl groups excluding tert-OH is 1. The van der Waals surface area contributed by atoms with Crippen LogP contribution < -0.4 is 11.1 Å². The van der Waals surface area contributed by atoms with Gasteiger partial charge in [0, 0.05) is 21.5 Å². The number of hydrogen-bond acceptors (Lipinski definition) is 3. The molecule has 0 saturated carbocycles. The molecule has 0 fully saturated rings. The fraction of sp³-hybridized carbons (Fsp3) is 0.385. The van der Waals surface area contributed by atoms with E-state index in [0.29, 0.717) is 6.04 Å². The Morgan fingerprint density at radius 1 is 1.28 bits per heavy atom. The van der Waals surface area contributed by atoms with Gasteiger partial charge < -0.3 is 16.2 Å². The summed E-state index contributed by atoms with van der Waals surface area (Å²) in [7, 11) is 0. The van der Waals surface area contributed by atoms with Gasteiger partial charge in [0.1, 0.15) is 0 Å². The molecular formula is C13H16Br2N2O. The number of halogens is 2. The van der Waals surface area contributed by atoms with Crippen molar-refractivity contribution in [3.8, 4) is 0 Å². The molecule has 3 nitrogen and oxygen atoms in total. The maximum atomic E-state index is 9.38. The Hall–Kier alpha value is -0.360. The molecule has 0 spiro atoms. The molecule has 1 aromatic carbocycles.